The highest BCUT2D eigenvalue weighted by molar-refractivity contribution is 5.94. The maximum atomic E-state index is 12.9. The number of urea groups is 1. The van der Waals surface area contributed by atoms with Crippen molar-refractivity contribution >= 4 is 23.3 Å². The standard InChI is InChI=1S/C22H28N4O4/c1-16-14-26(15-17(2)30-16)19-7-4-3-6-18(19)23-22(28)25-11-9-24(10-12-25)21(27)20-8-5-13-29-20/h3-8,13,16-17H,9-12,14-15H2,1-2H3,(H,23,28). The van der Waals surface area contributed by atoms with E-state index < -0.39 is 0 Å². The molecule has 0 radical (unpaired) electrons. The van der Waals surface area contributed by atoms with Gasteiger partial charge in [0.1, 0.15) is 0 Å². The molecule has 1 N–H and O–H groups in total. The normalized spacial score (nSPS) is 22.1. The quantitative estimate of drug-likeness (QED) is 0.839. The van der Waals surface area contributed by atoms with Crippen LogP contribution in [0.3, 0.4) is 0 Å². The van der Waals surface area contributed by atoms with E-state index in [9.17, 15) is 9.59 Å². The molecule has 30 heavy (non-hydrogen) atoms. The lowest BCUT2D eigenvalue weighted by atomic mass is 10.1. The van der Waals surface area contributed by atoms with Crippen molar-refractivity contribution in [2.75, 3.05) is 49.5 Å². The number of carbonyl (C=O) groups excluding carboxylic acids is 2. The number of carbonyl (C=O) groups is 2. The molecule has 160 valence electrons. The highest BCUT2D eigenvalue weighted by atomic mass is 16.5. The number of piperazine rings is 1. The van der Waals surface area contributed by atoms with Crippen LogP contribution in [0.4, 0.5) is 16.2 Å². The highest BCUT2D eigenvalue weighted by Gasteiger charge is 2.28. The molecule has 3 amide bonds. The number of ether oxygens (including phenoxy) is 1. The summed E-state index contributed by atoms with van der Waals surface area (Å²) in [6.07, 6.45) is 1.76. The molecule has 0 spiro atoms. The molecule has 2 aromatic rings. The van der Waals surface area contributed by atoms with Crippen LogP contribution in [0.25, 0.3) is 0 Å². The lowest BCUT2D eigenvalue weighted by molar-refractivity contribution is -0.00517. The van der Waals surface area contributed by atoms with Crippen LogP contribution in [0.1, 0.15) is 24.4 Å². The molecular weight excluding hydrogens is 384 g/mol. The molecule has 2 saturated heterocycles. The van der Waals surface area contributed by atoms with Gasteiger partial charge in [-0.15, -0.1) is 0 Å². The van der Waals surface area contributed by atoms with E-state index in [2.05, 4.69) is 24.1 Å². The molecule has 1 aromatic heterocycles. The second-order valence-electron chi connectivity index (χ2n) is 7.87. The number of furan rings is 1. The minimum atomic E-state index is -0.151. The first-order valence-electron chi connectivity index (χ1n) is 10.4. The van der Waals surface area contributed by atoms with E-state index in [0.29, 0.717) is 31.9 Å². The number of hydrogen-bond donors (Lipinski definition) is 1. The molecule has 2 aliphatic rings. The second-order valence-corrected chi connectivity index (χ2v) is 7.87. The summed E-state index contributed by atoms with van der Waals surface area (Å²) in [4.78, 5) is 31.0. The van der Waals surface area contributed by atoms with Crippen molar-refractivity contribution in [1.82, 2.24) is 9.80 Å². The van der Waals surface area contributed by atoms with Crippen molar-refractivity contribution in [1.29, 1.82) is 0 Å². The maximum Gasteiger partial charge on any atom is 0.322 e. The first-order valence-corrected chi connectivity index (χ1v) is 10.4. The Hall–Kier alpha value is -3.00. The van der Waals surface area contributed by atoms with Gasteiger partial charge in [-0.2, -0.15) is 0 Å². The van der Waals surface area contributed by atoms with Crippen molar-refractivity contribution in [3.8, 4) is 0 Å². The number of rotatable bonds is 3. The third kappa shape index (κ3) is 4.43. The highest BCUT2D eigenvalue weighted by Crippen LogP contribution is 2.29. The molecule has 2 aliphatic heterocycles. The summed E-state index contributed by atoms with van der Waals surface area (Å²) in [6.45, 7) is 7.61. The first-order chi connectivity index (χ1) is 14.5. The van der Waals surface area contributed by atoms with Crippen LogP contribution in [0.15, 0.2) is 47.1 Å². The van der Waals surface area contributed by atoms with Gasteiger partial charge >= 0.3 is 6.03 Å². The van der Waals surface area contributed by atoms with Gasteiger partial charge in [0.25, 0.3) is 5.91 Å². The largest absolute Gasteiger partial charge is 0.459 e. The van der Waals surface area contributed by atoms with Gasteiger partial charge < -0.3 is 29.2 Å². The molecule has 2 atom stereocenters. The zero-order chi connectivity index (χ0) is 21.1. The Labute approximate surface area is 176 Å². The van der Waals surface area contributed by atoms with E-state index in [1.54, 1.807) is 21.9 Å². The molecule has 3 heterocycles. The van der Waals surface area contributed by atoms with Crippen molar-refractivity contribution in [2.45, 2.75) is 26.1 Å². The lowest BCUT2D eigenvalue weighted by Gasteiger charge is -2.38. The molecule has 1 aromatic carbocycles. The van der Waals surface area contributed by atoms with Crippen molar-refractivity contribution in [3.05, 3.63) is 48.4 Å². The third-order valence-corrected chi connectivity index (χ3v) is 5.49. The average Bonchev–Trinajstić information content (AvgIpc) is 3.28. The van der Waals surface area contributed by atoms with E-state index in [0.717, 1.165) is 24.5 Å². The fourth-order valence-corrected chi connectivity index (χ4v) is 4.09. The molecule has 2 unspecified atom stereocenters. The molecule has 0 saturated carbocycles. The predicted molar refractivity (Wildman–Crippen MR) is 114 cm³/mol. The molecule has 4 rings (SSSR count). The van der Waals surface area contributed by atoms with Gasteiger partial charge in [-0.05, 0) is 38.1 Å². The Morgan fingerprint density at radius 1 is 0.933 bits per heavy atom. The van der Waals surface area contributed by atoms with Crippen LogP contribution >= 0.6 is 0 Å². The van der Waals surface area contributed by atoms with E-state index in [1.165, 1.54) is 6.26 Å². The minimum Gasteiger partial charge on any atom is -0.459 e. The van der Waals surface area contributed by atoms with Crippen LogP contribution in [0.2, 0.25) is 0 Å². The summed E-state index contributed by atoms with van der Waals surface area (Å²) >= 11 is 0. The van der Waals surface area contributed by atoms with Crippen LogP contribution in [0.5, 0.6) is 0 Å². The van der Waals surface area contributed by atoms with Crippen molar-refractivity contribution in [2.24, 2.45) is 0 Å². The summed E-state index contributed by atoms with van der Waals surface area (Å²) in [7, 11) is 0. The summed E-state index contributed by atoms with van der Waals surface area (Å²) in [5.41, 5.74) is 1.79. The van der Waals surface area contributed by atoms with E-state index >= 15 is 0 Å². The number of anilines is 2. The number of para-hydroxylation sites is 2. The maximum absolute atomic E-state index is 12.9. The topological polar surface area (TPSA) is 78.3 Å². The number of hydrogen-bond acceptors (Lipinski definition) is 5. The molecule has 0 bridgehead atoms. The summed E-state index contributed by atoms with van der Waals surface area (Å²) in [5, 5.41) is 3.06. The van der Waals surface area contributed by atoms with E-state index in [1.807, 2.05) is 24.3 Å². The van der Waals surface area contributed by atoms with Gasteiger partial charge in [0.05, 0.1) is 29.8 Å². The van der Waals surface area contributed by atoms with Gasteiger partial charge in [0.15, 0.2) is 5.76 Å². The Morgan fingerprint density at radius 3 is 2.27 bits per heavy atom. The first kappa shape index (κ1) is 20.3. The van der Waals surface area contributed by atoms with E-state index in [-0.39, 0.29) is 24.1 Å². The molecule has 8 heteroatoms. The molecule has 2 fully saturated rings. The van der Waals surface area contributed by atoms with Gasteiger partial charge in [0, 0.05) is 39.3 Å². The Balaban J connectivity index is 1.37. The fourth-order valence-electron chi connectivity index (χ4n) is 4.09. The molecular formula is C22H28N4O4. The zero-order valence-electron chi connectivity index (χ0n) is 17.4. The lowest BCUT2D eigenvalue weighted by Crippen LogP contribution is -2.51. The van der Waals surface area contributed by atoms with Gasteiger partial charge in [-0.25, -0.2) is 4.79 Å². The van der Waals surface area contributed by atoms with Gasteiger partial charge in [-0.1, -0.05) is 12.1 Å². The van der Waals surface area contributed by atoms with Gasteiger partial charge in [-0.3, -0.25) is 4.79 Å². The van der Waals surface area contributed by atoms with Crippen molar-refractivity contribution < 1.29 is 18.7 Å². The average molecular weight is 412 g/mol. The zero-order valence-corrected chi connectivity index (χ0v) is 17.4. The van der Waals surface area contributed by atoms with Crippen LogP contribution in [0, 0.1) is 0 Å². The number of amides is 3. The number of benzene rings is 1. The van der Waals surface area contributed by atoms with E-state index in [4.69, 9.17) is 9.15 Å². The van der Waals surface area contributed by atoms with Crippen molar-refractivity contribution in [3.63, 3.8) is 0 Å². The van der Waals surface area contributed by atoms with Crippen LogP contribution in [-0.4, -0.2) is 73.2 Å². The smallest absolute Gasteiger partial charge is 0.322 e. The number of morpholine rings is 1. The Kier molecular flexibility index (Phi) is 5.94. The van der Waals surface area contributed by atoms with Crippen LogP contribution < -0.4 is 10.2 Å². The Bertz CT molecular complexity index is 867. The summed E-state index contributed by atoms with van der Waals surface area (Å²) < 4.78 is 11.0. The Morgan fingerprint density at radius 2 is 1.60 bits per heavy atom. The molecule has 0 aliphatic carbocycles. The third-order valence-electron chi connectivity index (χ3n) is 5.49. The monoisotopic (exact) mass is 412 g/mol. The summed E-state index contributed by atoms with van der Waals surface area (Å²) in [5.74, 6) is 0.191. The number of nitrogens with zero attached hydrogens (tertiary/aromatic N) is 3. The predicted octanol–water partition coefficient (Wildman–Crippen LogP) is 2.88. The van der Waals surface area contributed by atoms with Gasteiger partial charge in [0.2, 0.25) is 0 Å². The minimum absolute atomic E-state index is 0.136. The fraction of sp³-hybridized carbons (Fsp3) is 0.455. The molecule has 8 nitrogen and oxygen atoms in total. The SMILES string of the molecule is CC1CN(c2ccccc2NC(=O)N2CCN(C(=O)c3ccco3)CC2)CC(C)O1. The summed E-state index contributed by atoms with van der Waals surface area (Å²) in [6, 6.07) is 11.1. The number of nitrogens with one attached hydrogen (secondary N) is 1. The van der Waals surface area contributed by atoms with Crippen LogP contribution in [-0.2, 0) is 4.74 Å². The second kappa shape index (κ2) is 8.79.